The number of rotatable bonds is 6. The van der Waals surface area contributed by atoms with Crippen LogP contribution in [0, 0.1) is 6.92 Å². The smallest absolute Gasteiger partial charge is 0.414 e. The number of hydrogen-bond donors (Lipinski definition) is 1. The molecule has 120 valence electrons. The summed E-state index contributed by atoms with van der Waals surface area (Å²) in [6.07, 6.45) is 5.49. The predicted molar refractivity (Wildman–Crippen MR) is 79.8 cm³/mol. The standard InChI is InChI=1S/C15H16N4O4/c1-11-3-4-12(21-11)13-9-14(18-23-13)22-15(20)17-5-2-7-19-8-6-16-10-19/h3-4,6,8-10H,2,5,7H2,1H3,(H,17,20). The monoisotopic (exact) mass is 316 g/mol. The maximum absolute atomic E-state index is 11.7. The van der Waals surface area contributed by atoms with E-state index < -0.39 is 6.09 Å². The van der Waals surface area contributed by atoms with Crippen LogP contribution in [-0.2, 0) is 6.54 Å². The Morgan fingerprint density at radius 1 is 1.39 bits per heavy atom. The zero-order chi connectivity index (χ0) is 16.1. The molecule has 0 atom stereocenters. The normalized spacial score (nSPS) is 10.7. The molecular formula is C15H16N4O4. The van der Waals surface area contributed by atoms with Crippen LogP contribution in [0.4, 0.5) is 4.79 Å². The topological polar surface area (TPSA) is 95.3 Å². The number of ether oxygens (including phenoxy) is 1. The van der Waals surface area contributed by atoms with Crippen LogP contribution in [-0.4, -0.2) is 27.3 Å². The molecule has 0 aliphatic heterocycles. The zero-order valence-corrected chi connectivity index (χ0v) is 12.6. The number of furan rings is 1. The summed E-state index contributed by atoms with van der Waals surface area (Å²) in [6, 6.07) is 5.07. The average molecular weight is 316 g/mol. The van der Waals surface area contributed by atoms with Gasteiger partial charge in [0.1, 0.15) is 5.76 Å². The van der Waals surface area contributed by atoms with E-state index in [2.05, 4.69) is 15.5 Å². The van der Waals surface area contributed by atoms with Crippen molar-refractivity contribution in [2.45, 2.75) is 19.9 Å². The molecule has 23 heavy (non-hydrogen) atoms. The summed E-state index contributed by atoms with van der Waals surface area (Å²) >= 11 is 0. The van der Waals surface area contributed by atoms with E-state index >= 15 is 0 Å². The van der Waals surface area contributed by atoms with Crippen molar-refractivity contribution in [3.8, 4) is 17.4 Å². The van der Waals surface area contributed by atoms with Crippen molar-refractivity contribution >= 4 is 6.09 Å². The maximum atomic E-state index is 11.7. The van der Waals surface area contributed by atoms with Gasteiger partial charge in [-0.25, -0.2) is 9.78 Å². The molecule has 0 aliphatic carbocycles. The number of aromatic nitrogens is 3. The molecule has 0 aliphatic rings. The predicted octanol–water partition coefficient (Wildman–Crippen LogP) is 2.62. The van der Waals surface area contributed by atoms with E-state index in [-0.39, 0.29) is 5.88 Å². The highest BCUT2D eigenvalue weighted by Gasteiger charge is 2.13. The summed E-state index contributed by atoms with van der Waals surface area (Å²) in [5.74, 6) is 1.78. The van der Waals surface area contributed by atoms with Crippen molar-refractivity contribution in [3.63, 3.8) is 0 Å². The molecule has 1 amide bonds. The molecule has 0 aromatic carbocycles. The lowest BCUT2D eigenvalue weighted by molar-refractivity contribution is 0.195. The molecule has 3 aromatic heterocycles. The summed E-state index contributed by atoms with van der Waals surface area (Å²) in [7, 11) is 0. The fraction of sp³-hybridized carbons (Fsp3) is 0.267. The van der Waals surface area contributed by atoms with Crippen LogP contribution in [0.25, 0.3) is 11.5 Å². The van der Waals surface area contributed by atoms with Gasteiger partial charge in [-0.3, -0.25) is 0 Å². The molecule has 0 saturated heterocycles. The fourth-order valence-electron chi connectivity index (χ4n) is 1.99. The minimum Gasteiger partial charge on any atom is -0.458 e. The van der Waals surface area contributed by atoms with Gasteiger partial charge in [-0.2, -0.15) is 0 Å². The first-order chi connectivity index (χ1) is 11.2. The van der Waals surface area contributed by atoms with E-state index in [0.717, 1.165) is 18.7 Å². The van der Waals surface area contributed by atoms with Crippen LogP contribution in [0.1, 0.15) is 12.2 Å². The Morgan fingerprint density at radius 3 is 3.04 bits per heavy atom. The highest BCUT2D eigenvalue weighted by atomic mass is 16.6. The quantitative estimate of drug-likeness (QED) is 0.702. The van der Waals surface area contributed by atoms with E-state index in [4.69, 9.17) is 13.7 Å². The van der Waals surface area contributed by atoms with Gasteiger partial charge in [0.25, 0.3) is 5.88 Å². The molecule has 0 radical (unpaired) electrons. The SMILES string of the molecule is Cc1ccc(-c2cc(OC(=O)NCCCn3ccnc3)no2)o1. The van der Waals surface area contributed by atoms with Gasteiger partial charge in [0.2, 0.25) is 5.76 Å². The highest BCUT2D eigenvalue weighted by Crippen LogP contribution is 2.25. The Kier molecular flexibility index (Phi) is 4.41. The van der Waals surface area contributed by atoms with Gasteiger partial charge in [0, 0.05) is 25.5 Å². The summed E-state index contributed by atoms with van der Waals surface area (Å²) in [6.45, 7) is 3.08. The summed E-state index contributed by atoms with van der Waals surface area (Å²) in [5.41, 5.74) is 0. The maximum Gasteiger partial charge on any atom is 0.414 e. The van der Waals surface area contributed by atoms with E-state index in [0.29, 0.717) is 18.1 Å². The van der Waals surface area contributed by atoms with Crippen molar-refractivity contribution in [2.75, 3.05) is 6.54 Å². The second-order valence-corrected chi connectivity index (χ2v) is 4.91. The molecule has 8 heteroatoms. The minimum atomic E-state index is -0.578. The second-order valence-electron chi connectivity index (χ2n) is 4.91. The van der Waals surface area contributed by atoms with Gasteiger partial charge in [-0.05, 0) is 30.6 Å². The van der Waals surface area contributed by atoms with Gasteiger partial charge in [-0.15, -0.1) is 0 Å². The van der Waals surface area contributed by atoms with Crippen molar-refractivity contribution in [2.24, 2.45) is 0 Å². The Balaban J connectivity index is 1.44. The summed E-state index contributed by atoms with van der Waals surface area (Å²) in [5, 5.41) is 6.33. The van der Waals surface area contributed by atoms with Crippen LogP contribution < -0.4 is 10.1 Å². The molecule has 0 fully saturated rings. The third-order valence-electron chi connectivity index (χ3n) is 3.09. The summed E-state index contributed by atoms with van der Waals surface area (Å²) in [4.78, 5) is 15.6. The van der Waals surface area contributed by atoms with E-state index in [1.807, 2.05) is 23.8 Å². The number of hydrogen-bond acceptors (Lipinski definition) is 6. The third kappa shape index (κ3) is 4.00. The number of amides is 1. The number of carbonyl (C=O) groups excluding carboxylic acids is 1. The van der Waals surface area contributed by atoms with Gasteiger partial charge in [0.15, 0.2) is 5.76 Å². The first kappa shape index (κ1) is 14.9. The van der Waals surface area contributed by atoms with Crippen molar-refractivity contribution in [1.29, 1.82) is 0 Å². The average Bonchev–Trinajstić information content (AvgIpc) is 3.25. The fourth-order valence-corrected chi connectivity index (χ4v) is 1.99. The summed E-state index contributed by atoms with van der Waals surface area (Å²) < 4.78 is 17.5. The molecule has 3 rings (SSSR count). The number of nitrogens with zero attached hydrogens (tertiary/aromatic N) is 3. The number of aryl methyl sites for hydroxylation is 2. The van der Waals surface area contributed by atoms with Crippen molar-refractivity contribution < 1.29 is 18.5 Å². The van der Waals surface area contributed by atoms with Gasteiger partial charge in [-0.1, -0.05) is 0 Å². The van der Waals surface area contributed by atoms with Crippen LogP contribution in [0.2, 0.25) is 0 Å². The largest absolute Gasteiger partial charge is 0.458 e. The van der Waals surface area contributed by atoms with Crippen LogP contribution >= 0.6 is 0 Å². The molecule has 1 N–H and O–H groups in total. The van der Waals surface area contributed by atoms with Crippen LogP contribution in [0.3, 0.4) is 0 Å². The highest BCUT2D eigenvalue weighted by molar-refractivity contribution is 5.70. The molecule has 3 aromatic rings. The van der Waals surface area contributed by atoms with Crippen molar-refractivity contribution in [1.82, 2.24) is 20.0 Å². The van der Waals surface area contributed by atoms with Gasteiger partial charge < -0.3 is 23.6 Å². The molecule has 3 heterocycles. The van der Waals surface area contributed by atoms with Crippen LogP contribution in [0.15, 0.2) is 45.9 Å². The Morgan fingerprint density at radius 2 is 2.30 bits per heavy atom. The van der Waals surface area contributed by atoms with Crippen LogP contribution in [0.5, 0.6) is 5.88 Å². The molecule has 0 bridgehead atoms. The molecule has 0 spiro atoms. The first-order valence-corrected chi connectivity index (χ1v) is 7.15. The minimum absolute atomic E-state index is 0.0844. The van der Waals surface area contributed by atoms with Gasteiger partial charge in [0.05, 0.1) is 12.4 Å². The third-order valence-corrected chi connectivity index (χ3v) is 3.09. The lowest BCUT2D eigenvalue weighted by atomic mass is 10.3. The Bertz CT molecular complexity index is 760. The van der Waals surface area contributed by atoms with E-state index in [1.165, 1.54) is 6.07 Å². The Hall–Kier alpha value is -3.03. The molecular weight excluding hydrogens is 300 g/mol. The lowest BCUT2D eigenvalue weighted by Crippen LogP contribution is -2.28. The number of carbonyl (C=O) groups is 1. The second kappa shape index (κ2) is 6.82. The zero-order valence-electron chi connectivity index (χ0n) is 12.6. The Labute approximate surface area is 132 Å². The molecule has 0 saturated carbocycles. The van der Waals surface area contributed by atoms with E-state index in [1.54, 1.807) is 18.6 Å². The first-order valence-electron chi connectivity index (χ1n) is 7.15. The molecule has 8 nitrogen and oxygen atoms in total. The van der Waals surface area contributed by atoms with E-state index in [9.17, 15) is 4.79 Å². The number of nitrogens with one attached hydrogen (secondary N) is 1. The molecule has 0 unspecified atom stereocenters. The number of imidazole rings is 1. The van der Waals surface area contributed by atoms with Crippen molar-refractivity contribution in [3.05, 3.63) is 42.7 Å². The van der Waals surface area contributed by atoms with Gasteiger partial charge >= 0.3 is 6.09 Å². The lowest BCUT2D eigenvalue weighted by Gasteiger charge is -2.04.